The Morgan fingerprint density at radius 2 is 0.833 bits per heavy atom. The Morgan fingerprint density at radius 1 is 0.500 bits per heavy atom. The van der Waals surface area contributed by atoms with E-state index in [1.165, 1.54) is 0 Å². The van der Waals surface area contributed by atoms with E-state index in [1.54, 1.807) is 0 Å². The number of hydrogen-bond acceptors (Lipinski definition) is 0. The van der Waals surface area contributed by atoms with Crippen LogP contribution in [-0.2, 0) is 0 Å². The lowest BCUT2D eigenvalue weighted by molar-refractivity contribution is 2.32. The van der Waals surface area contributed by atoms with Crippen LogP contribution in [0.4, 0.5) is 0 Å². The van der Waals surface area contributed by atoms with Crippen molar-refractivity contribution in [2.45, 2.75) is 6.82 Å². The molecular formula is CH3B17. The van der Waals surface area contributed by atoms with Gasteiger partial charge in [0.05, 0.1) is 0 Å². The van der Waals surface area contributed by atoms with Crippen molar-refractivity contribution in [3.8, 4) is 0 Å². The quantitative estimate of drug-likeness (QED) is 0.358. The van der Waals surface area contributed by atoms with Crippen molar-refractivity contribution in [1.29, 1.82) is 0 Å². The third kappa shape index (κ3) is 5.24. The van der Waals surface area contributed by atoms with Gasteiger partial charge in [0, 0.05) is 121 Å². The molecule has 0 unspecified atom stereocenters. The molecule has 0 aromatic heterocycles. The second-order valence-corrected chi connectivity index (χ2v) is 4.90. The fraction of sp³-hybridized carbons (Fsp3) is 1.00. The molecule has 0 N–H and O–H groups in total. The molecule has 18 heavy (non-hydrogen) atoms. The van der Waals surface area contributed by atoms with Crippen molar-refractivity contribution in [1.82, 2.24) is 0 Å². The molecule has 0 aliphatic heterocycles. The maximum absolute atomic E-state index is 5.93. The summed E-state index contributed by atoms with van der Waals surface area (Å²) in [6, 6.07) is 0. The first-order chi connectivity index (χ1) is 8.11. The van der Waals surface area contributed by atoms with E-state index in [4.69, 9.17) is 69.6 Å². The lowest BCUT2D eigenvalue weighted by Gasteiger charge is -2.37. The molecule has 0 aliphatic rings. The zero-order chi connectivity index (χ0) is 14.6. The third-order valence-electron chi connectivity index (χ3n) is 3.44. The summed E-state index contributed by atoms with van der Waals surface area (Å²) in [5.41, 5.74) is 0. The zero-order valence-electron chi connectivity index (χ0n) is 10.8. The minimum atomic E-state index is -0.754. The first kappa shape index (κ1) is 19.1. The molecule has 0 heterocycles. The molecule has 0 saturated carbocycles. The van der Waals surface area contributed by atoms with Crippen molar-refractivity contribution in [3.63, 3.8) is 0 Å². The smallest absolute Gasteiger partial charge is 0.0413 e. The van der Waals surface area contributed by atoms with Crippen LogP contribution in [-0.4, -0.2) is 121 Å². The van der Waals surface area contributed by atoms with Gasteiger partial charge in [-0.3, -0.25) is 0 Å². The highest BCUT2D eigenvalue weighted by Gasteiger charge is 2.40. The molecule has 0 fully saturated rings. The van der Waals surface area contributed by atoms with Gasteiger partial charge >= 0.3 is 0 Å². The fourth-order valence-electron chi connectivity index (χ4n) is 2.43. The first-order valence-electron chi connectivity index (χ1n) is 5.91. The van der Waals surface area contributed by atoms with Gasteiger partial charge in [-0.2, -0.15) is 0 Å². The molecule has 0 nitrogen and oxygen atoms in total. The summed E-state index contributed by atoms with van der Waals surface area (Å²) >= 11 is 0. The normalized spacial score (nSPS) is 9.17. The lowest BCUT2D eigenvalue weighted by Crippen LogP contribution is -2.74. The van der Waals surface area contributed by atoms with Crippen molar-refractivity contribution < 1.29 is 0 Å². The van der Waals surface area contributed by atoms with Crippen molar-refractivity contribution in [2.75, 3.05) is 0 Å². The SMILES string of the molecule is [B]B([B])B([B])B(B([B])[B])B(C)B(B([B])[B])B([B])[B]. The Labute approximate surface area is 127 Å². The molecule has 18 radical (unpaired) electrons. The minimum absolute atomic E-state index is 0.213. The topological polar surface area (TPSA) is 0 Å². The van der Waals surface area contributed by atoms with Gasteiger partial charge in [0.1, 0.15) is 0 Å². The van der Waals surface area contributed by atoms with E-state index in [9.17, 15) is 0 Å². The third-order valence-corrected chi connectivity index (χ3v) is 3.44. The van der Waals surface area contributed by atoms with Gasteiger partial charge in [-0.05, 0) is 0 Å². The molecule has 0 rings (SSSR count). The Balaban J connectivity index is 5.11. The number of rotatable bonds is 7. The summed E-state index contributed by atoms with van der Waals surface area (Å²) in [5, 5.41) is 0. The summed E-state index contributed by atoms with van der Waals surface area (Å²) in [5.74, 6) is 0. The summed E-state index contributed by atoms with van der Waals surface area (Å²) < 4.78 is 0. The Morgan fingerprint density at radius 3 is 1.06 bits per heavy atom. The molecule has 0 aromatic rings. The summed E-state index contributed by atoms with van der Waals surface area (Å²) in [7, 11) is 51.3. The lowest BCUT2D eigenvalue weighted by atomic mass is 8.46. The Bertz CT molecular complexity index is 210. The van der Waals surface area contributed by atoms with E-state index >= 15 is 0 Å². The van der Waals surface area contributed by atoms with Crippen LogP contribution in [0.25, 0.3) is 0 Å². The van der Waals surface area contributed by atoms with Gasteiger partial charge in [0.2, 0.25) is 0 Å². The van der Waals surface area contributed by atoms with E-state index < -0.39 is 38.3 Å². The predicted molar refractivity (Wildman–Crippen MR) is 104 cm³/mol. The Hall–Kier alpha value is 1.10. The highest BCUT2D eigenvalue weighted by Crippen LogP contribution is 2.03. The zero-order valence-corrected chi connectivity index (χ0v) is 10.8. The molecule has 17 heteroatoms. The van der Waals surface area contributed by atoms with Crippen LogP contribution in [0.3, 0.4) is 0 Å². The maximum atomic E-state index is 5.93. The largest absolute Gasteiger partial charge is 0.101 e. The predicted octanol–water partition coefficient (Wildman–Crippen LogP) is -5.89. The molecule has 0 bridgehead atoms. The summed E-state index contributed by atoms with van der Waals surface area (Å²) in [6.45, 7) is 1.62. The van der Waals surface area contributed by atoms with Gasteiger partial charge < -0.3 is 0 Å². The second kappa shape index (κ2) is 8.40. The van der Waals surface area contributed by atoms with Crippen molar-refractivity contribution in [2.24, 2.45) is 0 Å². The van der Waals surface area contributed by atoms with Gasteiger partial charge in [0.25, 0.3) is 0 Å². The van der Waals surface area contributed by atoms with E-state index in [2.05, 4.69) is 0 Å². The van der Waals surface area contributed by atoms with Gasteiger partial charge in [-0.25, -0.2) is 0 Å². The fourth-order valence-corrected chi connectivity index (χ4v) is 2.43. The summed E-state index contributed by atoms with van der Waals surface area (Å²) in [6.07, 6.45) is -4.27. The molecule has 58 valence electrons. The number of hydrogen-bond donors (Lipinski definition) is 0. The van der Waals surface area contributed by atoms with Crippen LogP contribution in [0.2, 0.25) is 6.82 Å². The molecule has 0 atom stereocenters. The van der Waals surface area contributed by atoms with Crippen LogP contribution in [0.15, 0.2) is 0 Å². The van der Waals surface area contributed by atoms with E-state index in [0.717, 1.165) is 0 Å². The summed E-state index contributed by atoms with van der Waals surface area (Å²) in [4.78, 5) is 0. The van der Waals surface area contributed by atoms with Crippen LogP contribution in [0.5, 0.6) is 0 Å². The molecule has 0 saturated heterocycles. The van der Waals surface area contributed by atoms with Crippen LogP contribution in [0, 0.1) is 0 Å². The van der Waals surface area contributed by atoms with Crippen LogP contribution in [0.1, 0.15) is 0 Å². The average molecular weight is 199 g/mol. The molecular weight excluding hydrogens is 196 g/mol. The minimum Gasteiger partial charge on any atom is -0.101 e. The molecule has 0 amide bonds. The monoisotopic (exact) mass is 202 g/mol. The van der Waals surface area contributed by atoms with Crippen molar-refractivity contribution >= 4 is 121 Å². The average Bonchev–Trinajstić information content (AvgIpc) is 2.15. The molecule has 0 aliphatic carbocycles. The van der Waals surface area contributed by atoms with E-state index in [-0.39, 0.29) is 12.9 Å². The van der Waals surface area contributed by atoms with Crippen molar-refractivity contribution in [3.05, 3.63) is 0 Å². The second-order valence-electron chi connectivity index (χ2n) is 4.90. The Kier molecular flexibility index (Phi) is 8.92. The van der Waals surface area contributed by atoms with E-state index in [1.807, 2.05) is 6.82 Å². The molecule has 0 aromatic carbocycles. The van der Waals surface area contributed by atoms with Gasteiger partial charge in [-0.15, -0.1) is 6.82 Å². The first-order valence-corrected chi connectivity index (χ1v) is 5.91. The molecule has 0 spiro atoms. The maximum Gasteiger partial charge on any atom is 0.0413 e. The van der Waals surface area contributed by atoms with Crippen LogP contribution < -0.4 is 0 Å². The standard InChI is InChI=1S/CH3B17/c1-11(17(13(4)5)14(6)7)18(15(8)9)16(10)12(2)3/h1H3. The van der Waals surface area contributed by atoms with E-state index in [0.29, 0.717) is 0 Å². The highest BCUT2D eigenvalue weighted by atomic mass is 13.3. The van der Waals surface area contributed by atoms with Gasteiger partial charge in [-0.1, -0.05) is 0 Å². The highest BCUT2D eigenvalue weighted by molar-refractivity contribution is 8.11. The van der Waals surface area contributed by atoms with Crippen LogP contribution >= 0.6 is 0 Å². The van der Waals surface area contributed by atoms with Gasteiger partial charge in [0.15, 0.2) is 0 Å².